The van der Waals surface area contributed by atoms with Crippen LogP contribution in [0.1, 0.15) is 39.9 Å². The van der Waals surface area contributed by atoms with Crippen LogP contribution in [0.4, 0.5) is 4.39 Å². The zero-order valence-corrected chi connectivity index (χ0v) is 17.3. The fourth-order valence-electron chi connectivity index (χ4n) is 3.48. The third kappa shape index (κ3) is 4.96. The average Bonchev–Trinajstić information content (AvgIpc) is 3.12. The van der Waals surface area contributed by atoms with Gasteiger partial charge in [-0.1, -0.05) is 71.8 Å². The Kier molecular flexibility index (Phi) is 6.55. The Morgan fingerprint density at radius 2 is 1.52 bits per heavy atom. The van der Waals surface area contributed by atoms with Gasteiger partial charge < -0.3 is 10.6 Å². The fourth-order valence-corrected chi connectivity index (χ4v) is 3.48. The van der Waals surface area contributed by atoms with E-state index in [-0.39, 0.29) is 30.3 Å². The first-order valence-electron chi connectivity index (χ1n) is 9.54. The minimum absolute atomic E-state index is 0. The summed E-state index contributed by atoms with van der Waals surface area (Å²) in [5, 5.41) is 6.84. The highest BCUT2D eigenvalue weighted by molar-refractivity contribution is 5.85. The first kappa shape index (κ1) is 20.9. The molecule has 0 bridgehead atoms. The second-order valence-corrected chi connectivity index (χ2v) is 7.35. The van der Waals surface area contributed by atoms with Gasteiger partial charge in [-0.2, -0.15) is 0 Å². The zero-order chi connectivity index (χ0) is 19.5. The molecule has 0 unspecified atom stereocenters. The maximum atomic E-state index is 13.4. The quantitative estimate of drug-likeness (QED) is 0.605. The number of benzene rings is 3. The molecule has 0 saturated heterocycles. The third-order valence-corrected chi connectivity index (χ3v) is 5.08. The molecule has 2 N–H and O–H groups in total. The van der Waals surface area contributed by atoms with Crippen molar-refractivity contribution in [3.05, 3.63) is 106 Å². The van der Waals surface area contributed by atoms with Gasteiger partial charge in [0.15, 0.2) is 5.96 Å². The lowest BCUT2D eigenvalue weighted by atomic mass is 9.94. The molecule has 2 atom stereocenters. The van der Waals surface area contributed by atoms with Gasteiger partial charge in [-0.15, -0.1) is 12.4 Å². The van der Waals surface area contributed by atoms with E-state index in [1.54, 1.807) is 6.07 Å². The highest BCUT2D eigenvalue weighted by atomic mass is 35.5. The van der Waals surface area contributed by atoms with Crippen molar-refractivity contribution in [2.45, 2.75) is 32.5 Å². The van der Waals surface area contributed by atoms with Crippen molar-refractivity contribution in [1.82, 2.24) is 10.6 Å². The molecule has 0 amide bonds. The first-order chi connectivity index (χ1) is 13.6. The van der Waals surface area contributed by atoms with Crippen LogP contribution >= 0.6 is 12.4 Å². The summed E-state index contributed by atoms with van der Waals surface area (Å²) in [4.78, 5) is 4.91. The summed E-state index contributed by atoms with van der Waals surface area (Å²) >= 11 is 0. The number of rotatable bonds is 4. The topological polar surface area (TPSA) is 36.4 Å². The van der Waals surface area contributed by atoms with Gasteiger partial charge in [0, 0.05) is 6.54 Å². The van der Waals surface area contributed by atoms with Crippen molar-refractivity contribution in [3.63, 3.8) is 0 Å². The second-order valence-electron chi connectivity index (χ2n) is 7.35. The van der Waals surface area contributed by atoms with Crippen molar-refractivity contribution >= 4 is 18.4 Å². The molecule has 5 heteroatoms. The Balaban J connectivity index is 0.00000240. The normalized spacial score (nSPS) is 17.8. The molecule has 1 aliphatic rings. The molecule has 4 rings (SSSR count). The fraction of sp³-hybridized carbons (Fsp3) is 0.208. The van der Waals surface area contributed by atoms with Gasteiger partial charge in [0.2, 0.25) is 0 Å². The number of halogens is 2. The highest BCUT2D eigenvalue weighted by Crippen LogP contribution is 2.36. The van der Waals surface area contributed by atoms with Crippen molar-refractivity contribution in [1.29, 1.82) is 0 Å². The summed E-state index contributed by atoms with van der Waals surface area (Å²) < 4.78 is 13.4. The number of nitrogens with zero attached hydrogens (tertiary/aromatic N) is 1. The predicted octanol–water partition coefficient (Wildman–Crippen LogP) is 5.40. The highest BCUT2D eigenvalue weighted by Gasteiger charge is 2.31. The van der Waals surface area contributed by atoms with Crippen LogP contribution in [-0.2, 0) is 6.54 Å². The van der Waals surface area contributed by atoms with E-state index in [1.165, 1.54) is 34.4 Å². The Hall–Kier alpha value is -2.85. The zero-order valence-electron chi connectivity index (χ0n) is 16.5. The smallest absolute Gasteiger partial charge is 0.192 e. The van der Waals surface area contributed by atoms with Gasteiger partial charge in [-0.3, -0.25) is 0 Å². The predicted molar refractivity (Wildman–Crippen MR) is 119 cm³/mol. The minimum atomic E-state index is -0.226. The first-order valence-corrected chi connectivity index (χ1v) is 9.54. The summed E-state index contributed by atoms with van der Waals surface area (Å²) in [5.74, 6) is 0.510. The number of aryl methyl sites for hydroxylation is 2. The standard InChI is InChI=1S/C24H24FN3.ClH/c1-16-6-10-19(11-7-16)22-23(20-12-8-17(2)9-13-20)28-24(27-22)26-15-18-4-3-5-21(25)14-18;/h3-14,22-23H,15H2,1-2H3,(H2,26,27,28);1H/t22-,23+;. The largest absolute Gasteiger partial charge is 0.352 e. The summed E-state index contributed by atoms with van der Waals surface area (Å²) in [7, 11) is 0. The Morgan fingerprint density at radius 1 is 0.897 bits per heavy atom. The maximum absolute atomic E-state index is 13.4. The summed E-state index contributed by atoms with van der Waals surface area (Å²) in [6.07, 6.45) is 0. The van der Waals surface area contributed by atoms with E-state index in [1.807, 2.05) is 6.07 Å². The van der Waals surface area contributed by atoms with E-state index < -0.39 is 0 Å². The van der Waals surface area contributed by atoms with Gasteiger partial charge in [-0.25, -0.2) is 9.38 Å². The van der Waals surface area contributed by atoms with E-state index in [0.717, 1.165) is 11.5 Å². The van der Waals surface area contributed by atoms with Crippen molar-refractivity contribution in [2.24, 2.45) is 4.99 Å². The summed E-state index contributed by atoms with van der Waals surface area (Å²) in [6, 6.07) is 23.7. The average molecular weight is 410 g/mol. The van der Waals surface area contributed by atoms with Crippen LogP contribution in [0, 0.1) is 19.7 Å². The number of hydrogen-bond acceptors (Lipinski definition) is 3. The van der Waals surface area contributed by atoms with Crippen LogP contribution < -0.4 is 10.6 Å². The van der Waals surface area contributed by atoms with E-state index in [9.17, 15) is 4.39 Å². The number of guanidine groups is 1. The van der Waals surface area contributed by atoms with E-state index in [0.29, 0.717) is 6.54 Å². The number of nitrogens with one attached hydrogen (secondary N) is 2. The summed E-state index contributed by atoms with van der Waals surface area (Å²) in [5.41, 5.74) is 5.72. The van der Waals surface area contributed by atoms with Gasteiger partial charge in [0.25, 0.3) is 0 Å². The monoisotopic (exact) mass is 409 g/mol. The molecule has 3 aromatic carbocycles. The van der Waals surface area contributed by atoms with Crippen molar-refractivity contribution < 1.29 is 4.39 Å². The van der Waals surface area contributed by atoms with Crippen molar-refractivity contribution in [3.8, 4) is 0 Å². The van der Waals surface area contributed by atoms with Crippen LogP contribution in [0.3, 0.4) is 0 Å². The lowest BCUT2D eigenvalue weighted by Crippen LogP contribution is -2.35. The molecule has 0 fully saturated rings. The van der Waals surface area contributed by atoms with Gasteiger partial charge in [0.1, 0.15) is 11.9 Å². The molecular weight excluding hydrogens is 385 g/mol. The molecule has 3 nitrogen and oxygen atoms in total. The van der Waals surface area contributed by atoms with E-state index >= 15 is 0 Å². The van der Waals surface area contributed by atoms with Crippen LogP contribution in [0.2, 0.25) is 0 Å². The number of hydrogen-bond donors (Lipinski definition) is 2. The molecule has 3 aromatic rings. The van der Waals surface area contributed by atoms with Gasteiger partial charge >= 0.3 is 0 Å². The lowest BCUT2D eigenvalue weighted by Gasteiger charge is -2.20. The Labute approximate surface area is 177 Å². The molecule has 0 spiro atoms. The molecule has 1 heterocycles. The third-order valence-electron chi connectivity index (χ3n) is 5.08. The van der Waals surface area contributed by atoms with Crippen LogP contribution in [0.25, 0.3) is 0 Å². The molecule has 29 heavy (non-hydrogen) atoms. The second kappa shape index (κ2) is 9.10. The Bertz CT molecular complexity index is 984. The van der Waals surface area contributed by atoms with Crippen LogP contribution in [0.15, 0.2) is 77.8 Å². The lowest BCUT2D eigenvalue weighted by molar-refractivity contribution is 0.570. The number of aliphatic imine (C=N–C) groups is 1. The maximum Gasteiger partial charge on any atom is 0.192 e. The molecule has 0 radical (unpaired) electrons. The van der Waals surface area contributed by atoms with Gasteiger partial charge in [-0.05, 0) is 42.7 Å². The van der Waals surface area contributed by atoms with Crippen LogP contribution in [-0.4, -0.2) is 5.96 Å². The SMILES string of the molecule is Cc1ccc([C@H]2NC(NCc3cccc(F)c3)=N[C@H]2c2ccc(C)cc2)cc1.Cl. The van der Waals surface area contributed by atoms with Crippen LogP contribution in [0.5, 0.6) is 0 Å². The van der Waals surface area contributed by atoms with Gasteiger partial charge in [0.05, 0.1) is 6.04 Å². The molecule has 0 aliphatic carbocycles. The molecule has 1 aliphatic heterocycles. The minimum Gasteiger partial charge on any atom is -0.352 e. The Morgan fingerprint density at radius 3 is 2.14 bits per heavy atom. The molecule has 0 saturated carbocycles. The molecule has 150 valence electrons. The molecule has 0 aromatic heterocycles. The van der Waals surface area contributed by atoms with E-state index in [2.05, 4.69) is 73.0 Å². The van der Waals surface area contributed by atoms with E-state index in [4.69, 9.17) is 4.99 Å². The van der Waals surface area contributed by atoms with Crippen molar-refractivity contribution in [2.75, 3.05) is 0 Å². The summed E-state index contributed by atoms with van der Waals surface area (Å²) in [6.45, 7) is 4.69. The molecular formula is C24H25ClFN3.